The fraction of sp³-hybridized carbons (Fsp3) is 0.397. The van der Waals surface area contributed by atoms with Crippen LogP contribution in [-0.2, 0) is 62.9 Å². The van der Waals surface area contributed by atoms with E-state index in [2.05, 4.69) is 73.2 Å². The van der Waals surface area contributed by atoms with Crippen molar-refractivity contribution >= 4 is 73.2 Å². The van der Waals surface area contributed by atoms with Crippen molar-refractivity contribution in [3.05, 3.63) is 155 Å². The molecule has 6 aromatic rings. The van der Waals surface area contributed by atoms with Crippen molar-refractivity contribution in [3.8, 4) is 16.9 Å². The number of aliphatic imine (C=N–C) groups is 1. The molecule has 88 heavy (non-hydrogen) atoms. The van der Waals surface area contributed by atoms with Crippen LogP contribution in [0.15, 0.2) is 132 Å². The summed E-state index contributed by atoms with van der Waals surface area (Å²) < 4.78 is 47.8. The lowest BCUT2D eigenvalue weighted by molar-refractivity contribution is -0.149. The lowest BCUT2D eigenvalue weighted by Crippen LogP contribution is -2.58. The van der Waals surface area contributed by atoms with E-state index in [9.17, 15) is 37.2 Å². The van der Waals surface area contributed by atoms with Crippen LogP contribution in [0.2, 0.25) is 0 Å². The molecule has 1 aliphatic rings. The van der Waals surface area contributed by atoms with Crippen molar-refractivity contribution in [1.82, 2.24) is 31.3 Å². The number of nitrogens with zero attached hydrogens (tertiary/aromatic N) is 1. The van der Waals surface area contributed by atoms with Gasteiger partial charge in [0.1, 0.15) is 47.7 Å². The maximum atomic E-state index is 14.8. The van der Waals surface area contributed by atoms with E-state index in [0.717, 1.165) is 43.8 Å². The summed E-state index contributed by atoms with van der Waals surface area (Å²) in [5.74, 6) is -3.21. The van der Waals surface area contributed by atoms with Crippen molar-refractivity contribution in [3.63, 3.8) is 0 Å². The Balaban J connectivity index is 1.12. The Morgan fingerprint density at radius 1 is 0.727 bits per heavy atom. The minimum absolute atomic E-state index is 0.0166. The van der Waals surface area contributed by atoms with Crippen molar-refractivity contribution < 1.29 is 51.4 Å². The maximum absolute atomic E-state index is 14.8. The zero-order valence-electron chi connectivity index (χ0n) is 51.9. The normalized spacial score (nSPS) is 14.4. The van der Waals surface area contributed by atoms with Crippen LogP contribution in [-0.4, -0.2) is 98.5 Å². The zero-order chi connectivity index (χ0) is 63.9. The first-order chi connectivity index (χ1) is 41.7. The van der Waals surface area contributed by atoms with Gasteiger partial charge in [0.25, 0.3) is 10.0 Å². The Morgan fingerprint density at radius 3 is 1.98 bits per heavy atom. The molecule has 0 spiro atoms. The highest BCUT2D eigenvalue weighted by molar-refractivity contribution is 7.90. The summed E-state index contributed by atoms with van der Waals surface area (Å²) in [5.41, 5.74) is 11.1. The summed E-state index contributed by atoms with van der Waals surface area (Å²) in [7, 11) is -4.26. The van der Waals surface area contributed by atoms with Gasteiger partial charge in [-0.1, -0.05) is 109 Å². The number of carbonyl (C=O) groups excluding carboxylic acids is 6. The smallest absolute Gasteiger partial charge is 0.407 e. The second kappa shape index (κ2) is 29.7. The van der Waals surface area contributed by atoms with Gasteiger partial charge in [-0.25, -0.2) is 22.7 Å². The molecule has 4 atom stereocenters. The predicted octanol–water partition coefficient (Wildman–Crippen LogP) is 9.28. The Bertz CT molecular complexity index is 3680. The van der Waals surface area contributed by atoms with E-state index in [4.69, 9.17) is 19.9 Å². The monoisotopic (exact) mass is 1220 g/mol. The molecule has 8 N–H and O–H groups in total. The van der Waals surface area contributed by atoms with Crippen LogP contribution >= 0.6 is 0 Å². The first-order valence-electron chi connectivity index (χ1n) is 29.8. The molecule has 0 radical (unpaired) electrons. The van der Waals surface area contributed by atoms with Gasteiger partial charge in [-0.15, -0.1) is 6.58 Å². The fourth-order valence-electron chi connectivity index (χ4n) is 10.8. The largest absolute Gasteiger partial charge is 0.487 e. The number of nitrogens with one attached hydrogen (secondary N) is 6. The average molecular weight is 1220 g/mol. The molecule has 1 aliphatic heterocycles. The zero-order valence-corrected chi connectivity index (χ0v) is 52.7. The number of benzene rings is 6. The highest BCUT2D eigenvalue weighted by Gasteiger charge is 2.35. The standard InChI is InChI=1S/C68H84N8O11S/c1-11-22-57(64(81)85-41-47-23-13-12-14-24-47)75-62(79)56(30-21-38-70-65(69)76-88(83,84)60-43(3)42(2)59-50(44(60)4)35-36-68(9,10)86-59)73-61(78)55(29-19-20-37-71-66(82)87-67(6,7)8)74-63(80)58(72-45(5)77)39-46-31-33-48(34-32-46)54-40-49-25-15-16-26-51(49)52-27-17-18-28-53(52)54/h11-18,23-28,31-34,40,55-58H,1,19-22,29-30,35-39,41H2,2-10H3,(H,71,82)(H,72,77)(H,73,78)(H,74,80)(H,75,79)(H3,69,70,76)/t55-,56-,57+,58+/m1/s1. The summed E-state index contributed by atoms with van der Waals surface area (Å²) in [4.78, 5) is 87.1. The third kappa shape index (κ3) is 18.1. The molecule has 1 heterocycles. The summed E-state index contributed by atoms with van der Waals surface area (Å²) in [6.45, 7) is 19.5. The molecule has 468 valence electrons. The van der Waals surface area contributed by atoms with E-state index in [-0.39, 0.29) is 63.1 Å². The molecule has 5 amide bonds. The highest BCUT2D eigenvalue weighted by atomic mass is 32.2. The van der Waals surface area contributed by atoms with Crippen LogP contribution in [0.5, 0.6) is 5.75 Å². The molecule has 19 nitrogen and oxygen atoms in total. The van der Waals surface area contributed by atoms with E-state index in [1.165, 1.54) is 13.0 Å². The van der Waals surface area contributed by atoms with Gasteiger partial charge in [0, 0.05) is 26.4 Å². The number of unbranched alkanes of at least 4 members (excludes halogenated alkanes) is 1. The molecule has 0 unspecified atom stereocenters. The lowest BCUT2D eigenvalue weighted by Gasteiger charge is -2.35. The topological polar surface area (TPSA) is 275 Å². The molecule has 6 aromatic carbocycles. The number of sulfonamides is 1. The Morgan fingerprint density at radius 2 is 1.33 bits per heavy atom. The lowest BCUT2D eigenvalue weighted by atomic mass is 9.88. The molecule has 0 aliphatic carbocycles. The van der Waals surface area contributed by atoms with Crippen LogP contribution in [0.1, 0.15) is 120 Å². The summed E-state index contributed by atoms with van der Waals surface area (Å²) in [6.07, 6.45) is 2.75. The first kappa shape index (κ1) is 66.7. The Hall–Kier alpha value is -8.78. The molecule has 0 saturated carbocycles. The van der Waals surface area contributed by atoms with Gasteiger partial charge in [-0.2, -0.15) is 0 Å². The first-order valence-corrected chi connectivity index (χ1v) is 31.3. The number of esters is 1. The summed E-state index contributed by atoms with van der Waals surface area (Å²) in [5, 5.41) is 18.2. The van der Waals surface area contributed by atoms with Crippen LogP contribution in [0.25, 0.3) is 32.7 Å². The fourth-order valence-corrected chi connectivity index (χ4v) is 12.3. The van der Waals surface area contributed by atoms with E-state index in [0.29, 0.717) is 47.3 Å². The van der Waals surface area contributed by atoms with Crippen molar-refractivity contribution in [2.45, 2.75) is 167 Å². The van der Waals surface area contributed by atoms with E-state index in [1.54, 1.807) is 58.9 Å². The van der Waals surface area contributed by atoms with Crippen molar-refractivity contribution in [2.24, 2.45) is 10.7 Å². The number of ether oxygens (including phenoxy) is 3. The van der Waals surface area contributed by atoms with E-state index < -0.39 is 87.0 Å². The van der Waals surface area contributed by atoms with Gasteiger partial charge in [-0.05, 0) is 179 Å². The van der Waals surface area contributed by atoms with Gasteiger partial charge in [0.15, 0.2) is 0 Å². The molecule has 0 aromatic heterocycles. The maximum Gasteiger partial charge on any atom is 0.407 e. The third-order valence-corrected chi connectivity index (χ3v) is 17.0. The molecular formula is C68H84N8O11S. The van der Waals surface area contributed by atoms with Crippen LogP contribution in [0.3, 0.4) is 0 Å². The van der Waals surface area contributed by atoms with Gasteiger partial charge >= 0.3 is 12.1 Å². The van der Waals surface area contributed by atoms with Crippen LogP contribution in [0.4, 0.5) is 4.79 Å². The van der Waals surface area contributed by atoms with E-state index >= 15 is 0 Å². The number of hydrogen-bond donors (Lipinski definition) is 7. The Kier molecular flexibility index (Phi) is 22.6. The SMILES string of the molecule is C=CC[C@H](NC(=O)[C@@H](CCCN=C(N)NS(=O)(=O)c1c(C)c(C)c2c(c1C)CCC(C)(C)O2)NC(=O)[C@@H](CCCCNC(=O)OC(C)(C)C)NC(=O)[C@H](Cc1ccc(-c2cc3ccccc3c3ccccc23)cc1)NC(C)=O)C(=O)OCc1ccccc1. The minimum Gasteiger partial charge on any atom is -0.487 e. The predicted molar refractivity (Wildman–Crippen MR) is 343 cm³/mol. The highest BCUT2D eigenvalue weighted by Crippen LogP contribution is 2.42. The van der Waals surface area contributed by atoms with Gasteiger partial charge in [0.2, 0.25) is 29.6 Å². The summed E-state index contributed by atoms with van der Waals surface area (Å²) >= 11 is 0. The van der Waals surface area contributed by atoms with Gasteiger partial charge in [0.05, 0.1) is 4.90 Å². The van der Waals surface area contributed by atoms with Crippen molar-refractivity contribution in [1.29, 1.82) is 0 Å². The number of amides is 5. The molecule has 0 fully saturated rings. The number of guanidine groups is 1. The molecule has 20 heteroatoms. The average Bonchev–Trinajstić information content (AvgIpc) is 1.48. The number of hydrogen-bond acceptors (Lipinski definition) is 12. The van der Waals surface area contributed by atoms with E-state index in [1.807, 2.05) is 75.4 Å². The second-order valence-electron chi connectivity index (χ2n) is 24.0. The third-order valence-electron chi connectivity index (χ3n) is 15.4. The number of carbonyl (C=O) groups is 6. The molecule has 7 rings (SSSR count). The molecule has 0 bridgehead atoms. The van der Waals surface area contributed by atoms with Crippen LogP contribution in [0, 0.1) is 20.8 Å². The van der Waals surface area contributed by atoms with Crippen LogP contribution < -0.4 is 41.8 Å². The number of fused-ring (bicyclic) bond motifs is 4. The van der Waals surface area contributed by atoms with Gasteiger partial charge < -0.3 is 46.5 Å². The number of alkyl carbamates (subject to hydrolysis) is 1. The summed E-state index contributed by atoms with van der Waals surface area (Å²) in [6, 6.07) is 30.2. The number of rotatable bonds is 26. The quantitative estimate of drug-likeness (QED) is 0.00668. The van der Waals surface area contributed by atoms with Crippen molar-refractivity contribution in [2.75, 3.05) is 13.1 Å². The van der Waals surface area contributed by atoms with Gasteiger partial charge in [-0.3, -0.25) is 24.2 Å². The Labute approximate surface area is 516 Å². The number of nitrogens with two attached hydrogens (primary N) is 1. The minimum atomic E-state index is -4.26. The molecule has 0 saturated heterocycles. The second-order valence-corrected chi connectivity index (χ2v) is 25.6. The molecular weight excluding hydrogens is 1140 g/mol.